The number of carbonyl (C=O) groups excluding carboxylic acids is 2. The zero-order valence-corrected chi connectivity index (χ0v) is 21.5. The molecule has 8 heteroatoms. The van der Waals surface area contributed by atoms with E-state index in [4.69, 9.17) is 4.74 Å². The van der Waals surface area contributed by atoms with Crippen molar-refractivity contribution in [2.75, 3.05) is 13.7 Å². The van der Waals surface area contributed by atoms with Crippen LogP contribution in [-0.4, -0.2) is 46.6 Å². The molecule has 36 heavy (non-hydrogen) atoms. The molecule has 1 fully saturated rings. The summed E-state index contributed by atoms with van der Waals surface area (Å²) in [6.07, 6.45) is 2.96. The number of benzene rings is 2. The molecule has 1 saturated heterocycles. The minimum Gasteiger partial charge on any atom is -0.453 e. The number of aromatic nitrogens is 2. The molecule has 0 saturated carbocycles. The van der Waals surface area contributed by atoms with Gasteiger partial charge in [0.25, 0.3) is 0 Å². The fourth-order valence-electron chi connectivity index (χ4n) is 4.80. The maximum absolute atomic E-state index is 13.4. The molecule has 1 aliphatic heterocycles. The predicted molar refractivity (Wildman–Crippen MR) is 143 cm³/mol. The highest BCUT2D eigenvalue weighted by atomic mass is 32.1. The summed E-state index contributed by atoms with van der Waals surface area (Å²) in [4.78, 5) is 37.4. The molecular formula is C28H30N4O3S. The number of ether oxygens (including phenoxy) is 1. The van der Waals surface area contributed by atoms with E-state index in [0.717, 1.165) is 29.2 Å². The van der Waals surface area contributed by atoms with Crippen molar-refractivity contribution < 1.29 is 14.3 Å². The number of nitrogens with one attached hydrogen (secondary N) is 2. The van der Waals surface area contributed by atoms with E-state index in [1.807, 2.05) is 24.9 Å². The topological polar surface area (TPSA) is 87.3 Å². The summed E-state index contributed by atoms with van der Waals surface area (Å²) in [5, 5.41) is 5.15. The van der Waals surface area contributed by atoms with Crippen LogP contribution in [0.15, 0.2) is 60.8 Å². The van der Waals surface area contributed by atoms with Crippen LogP contribution in [0.3, 0.4) is 0 Å². The number of methoxy groups -OCH3 is 1. The number of amides is 2. The Morgan fingerprint density at radius 3 is 2.67 bits per heavy atom. The van der Waals surface area contributed by atoms with Gasteiger partial charge in [0.1, 0.15) is 11.9 Å². The minimum atomic E-state index is -0.644. The summed E-state index contributed by atoms with van der Waals surface area (Å²) in [7, 11) is 1.30. The molecule has 0 aliphatic carbocycles. The van der Waals surface area contributed by atoms with Crippen molar-refractivity contribution >= 4 is 34.1 Å². The third kappa shape index (κ3) is 4.73. The molecule has 2 aromatic heterocycles. The first kappa shape index (κ1) is 24.1. The van der Waals surface area contributed by atoms with Crippen LogP contribution >= 0.6 is 11.3 Å². The third-order valence-electron chi connectivity index (χ3n) is 6.74. The molecule has 7 nitrogen and oxygen atoms in total. The lowest BCUT2D eigenvalue weighted by atomic mass is 10.0. The lowest BCUT2D eigenvalue weighted by Crippen LogP contribution is -2.51. The van der Waals surface area contributed by atoms with Crippen molar-refractivity contribution in [3.63, 3.8) is 0 Å². The Morgan fingerprint density at radius 2 is 1.89 bits per heavy atom. The summed E-state index contributed by atoms with van der Waals surface area (Å²) in [6.45, 7) is 4.47. The maximum Gasteiger partial charge on any atom is 0.407 e. The van der Waals surface area contributed by atoms with E-state index < -0.39 is 12.1 Å². The molecular weight excluding hydrogens is 472 g/mol. The fourth-order valence-corrected chi connectivity index (χ4v) is 5.77. The molecule has 2 N–H and O–H groups in total. The number of likely N-dealkylation sites (tertiary alicyclic amines) is 1. The Balaban J connectivity index is 1.35. The van der Waals surface area contributed by atoms with Gasteiger partial charge < -0.3 is 19.9 Å². The third-order valence-corrected chi connectivity index (χ3v) is 7.91. The number of H-pyrrole nitrogens is 1. The van der Waals surface area contributed by atoms with Gasteiger partial charge in [-0.2, -0.15) is 0 Å². The zero-order chi connectivity index (χ0) is 25.2. The van der Waals surface area contributed by atoms with Gasteiger partial charge >= 0.3 is 6.09 Å². The van der Waals surface area contributed by atoms with Gasteiger partial charge in [-0.25, -0.2) is 9.78 Å². The van der Waals surface area contributed by atoms with Crippen molar-refractivity contribution in [2.45, 2.75) is 38.8 Å². The van der Waals surface area contributed by atoms with Gasteiger partial charge in [0.2, 0.25) is 5.91 Å². The monoisotopic (exact) mass is 502 g/mol. The highest BCUT2D eigenvalue weighted by Crippen LogP contribution is 2.37. The Kier molecular flexibility index (Phi) is 6.78. The normalized spacial score (nSPS) is 16.4. The first-order valence-electron chi connectivity index (χ1n) is 12.2. The standard InChI is InChI=1S/C28H30N4O3S/c1-17(2)25(31-28(34)35-3)27(33)32-14-6-9-22(32)26-29-16-21(30-26)24-13-12-23(36-24)20-11-10-18-7-4-5-8-19(18)15-20/h4-5,7-8,10-13,15-17,22,25H,6,9,14H2,1-3H3,(H,29,30)(H,31,34)/t22-,25-/m0/s1. The average molecular weight is 503 g/mol. The first-order valence-corrected chi connectivity index (χ1v) is 13.1. The average Bonchev–Trinajstić information content (AvgIpc) is 3.66. The summed E-state index contributed by atoms with van der Waals surface area (Å²) in [6, 6.07) is 18.4. The molecule has 4 aromatic rings. The van der Waals surface area contributed by atoms with E-state index >= 15 is 0 Å². The molecule has 0 spiro atoms. The number of fused-ring (bicyclic) bond motifs is 1. The first-order chi connectivity index (χ1) is 17.4. The Labute approximate surface area is 214 Å². The van der Waals surface area contributed by atoms with Gasteiger partial charge in [-0.1, -0.05) is 50.2 Å². The molecule has 5 rings (SSSR count). The second-order valence-electron chi connectivity index (χ2n) is 9.46. The van der Waals surface area contributed by atoms with E-state index in [9.17, 15) is 9.59 Å². The second kappa shape index (κ2) is 10.1. The van der Waals surface area contributed by atoms with Gasteiger partial charge in [0, 0.05) is 11.4 Å². The number of aromatic amines is 1. The van der Waals surface area contributed by atoms with Crippen molar-refractivity contribution in [2.24, 2.45) is 5.92 Å². The van der Waals surface area contributed by atoms with Crippen LogP contribution in [0.2, 0.25) is 0 Å². The quantitative estimate of drug-likeness (QED) is 0.338. The summed E-state index contributed by atoms with van der Waals surface area (Å²) >= 11 is 1.72. The van der Waals surface area contributed by atoms with Gasteiger partial charge in [-0.15, -0.1) is 11.3 Å². The lowest BCUT2D eigenvalue weighted by molar-refractivity contribution is -0.135. The Morgan fingerprint density at radius 1 is 1.11 bits per heavy atom. The molecule has 186 valence electrons. The second-order valence-corrected chi connectivity index (χ2v) is 10.5. The van der Waals surface area contributed by atoms with E-state index in [-0.39, 0.29) is 17.9 Å². The fraction of sp³-hybridized carbons (Fsp3) is 0.321. The van der Waals surface area contributed by atoms with E-state index in [0.29, 0.717) is 6.54 Å². The van der Waals surface area contributed by atoms with Crippen molar-refractivity contribution in [3.05, 3.63) is 66.6 Å². The Bertz CT molecular complexity index is 1390. The smallest absolute Gasteiger partial charge is 0.407 e. The van der Waals surface area contributed by atoms with Crippen LogP contribution in [0.25, 0.3) is 31.8 Å². The van der Waals surface area contributed by atoms with Crippen LogP contribution in [0, 0.1) is 5.92 Å². The van der Waals surface area contributed by atoms with Gasteiger partial charge in [-0.3, -0.25) is 4.79 Å². The minimum absolute atomic E-state index is 0.0651. The number of carbonyl (C=O) groups is 2. The largest absolute Gasteiger partial charge is 0.453 e. The lowest BCUT2D eigenvalue weighted by Gasteiger charge is -2.30. The SMILES string of the molecule is COC(=O)N[C@H](C(=O)N1CCC[C@H]1c1ncc(-c2ccc(-c3ccc4ccccc4c3)s2)[nH]1)C(C)C. The number of hydrogen-bond donors (Lipinski definition) is 2. The molecule has 2 aromatic carbocycles. The molecule has 0 radical (unpaired) electrons. The highest BCUT2D eigenvalue weighted by Gasteiger charge is 2.37. The molecule has 2 atom stereocenters. The number of nitrogens with zero attached hydrogens (tertiary/aromatic N) is 2. The van der Waals surface area contributed by atoms with Crippen molar-refractivity contribution in [1.29, 1.82) is 0 Å². The number of hydrogen-bond acceptors (Lipinski definition) is 5. The highest BCUT2D eigenvalue weighted by molar-refractivity contribution is 7.18. The molecule has 2 amide bonds. The van der Waals surface area contributed by atoms with Crippen molar-refractivity contribution in [1.82, 2.24) is 20.2 Å². The molecule has 0 bridgehead atoms. The van der Waals surface area contributed by atoms with Crippen LogP contribution in [0.1, 0.15) is 38.6 Å². The number of imidazole rings is 1. The van der Waals surface area contributed by atoms with Crippen LogP contribution in [0.4, 0.5) is 4.79 Å². The summed E-state index contributed by atoms with van der Waals surface area (Å²) in [5.41, 5.74) is 2.13. The van der Waals surface area contributed by atoms with Crippen LogP contribution in [-0.2, 0) is 9.53 Å². The Hall–Kier alpha value is -3.65. The molecule has 0 unspecified atom stereocenters. The van der Waals surface area contributed by atoms with Crippen LogP contribution in [0.5, 0.6) is 0 Å². The zero-order valence-electron chi connectivity index (χ0n) is 20.7. The van der Waals surface area contributed by atoms with Gasteiger partial charge in [0.15, 0.2) is 0 Å². The summed E-state index contributed by atoms with van der Waals surface area (Å²) < 4.78 is 4.72. The number of rotatable bonds is 6. The van der Waals surface area contributed by atoms with Crippen molar-refractivity contribution in [3.8, 4) is 21.0 Å². The number of alkyl carbamates (subject to hydrolysis) is 1. The predicted octanol–water partition coefficient (Wildman–Crippen LogP) is 6.00. The molecule has 1 aliphatic rings. The number of thiophene rings is 1. The maximum atomic E-state index is 13.4. The van der Waals surface area contributed by atoms with Crippen LogP contribution < -0.4 is 5.32 Å². The molecule has 3 heterocycles. The van der Waals surface area contributed by atoms with Gasteiger partial charge in [0.05, 0.1) is 29.9 Å². The van der Waals surface area contributed by atoms with E-state index in [1.54, 1.807) is 11.3 Å². The summed E-state index contributed by atoms with van der Waals surface area (Å²) in [5.74, 6) is 0.604. The van der Waals surface area contributed by atoms with Gasteiger partial charge in [-0.05, 0) is 53.3 Å². The van der Waals surface area contributed by atoms with E-state index in [1.165, 1.54) is 28.3 Å². The van der Waals surface area contributed by atoms with E-state index in [2.05, 4.69) is 69.9 Å².